The lowest BCUT2D eigenvalue weighted by Gasteiger charge is -2.15. The van der Waals surface area contributed by atoms with Crippen LogP contribution in [0.5, 0.6) is 11.5 Å². The van der Waals surface area contributed by atoms with Gasteiger partial charge in [-0.15, -0.1) is 0 Å². The number of anilines is 2. The first kappa shape index (κ1) is 22.0. The fourth-order valence-electron chi connectivity index (χ4n) is 3.13. The summed E-state index contributed by atoms with van der Waals surface area (Å²) in [6.45, 7) is 0. The minimum Gasteiger partial charge on any atom is -0.493 e. The Morgan fingerprint density at radius 2 is 1.55 bits per heavy atom. The average molecular weight is 467 g/mol. The molecule has 4 rings (SSSR count). The second kappa shape index (κ2) is 9.13. The van der Waals surface area contributed by atoms with Gasteiger partial charge in [0.2, 0.25) is 0 Å². The summed E-state index contributed by atoms with van der Waals surface area (Å²) < 4.78 is 23.7. The number of ether oxygens (including phenoxy) is 2. The molecule has 166 valence electrons. The Morgan fingerprint density at radius 1 is 0.909 bits per heavy atom. The molecule has 0 aliphatic carbocycles. The number of rotatable bonds is 6. The first-order valence-electron chi connectivity index (χ1n) is 9.65. The average Bonchev–Trinajstić information content (AvgIpc) is 3.03. The van der Waals surface area contributed by atoms with E-state index in [0.717, 1.165) is 17.0 Å². The predicted molar refractivity (Wildman–Crippen MR) is 120 cm³/mol. The van der Waals surface area contributed by atoms with Crippen molar-refractivity contribution in [1.82, 2.24) is 0 Å². The first-order valence-corrected chi connectivity index (χ1v) is 10.0. The highest BCUT2D eigenvalue weighted by Gasteiger charge is 2.38. The zero-order valence-corrected chi connectivity index (χ0v) is 17.9. The minimum atomic E-state index is -0.729. The molecular weight excluding hydrogens is 451 g/mol. The van der Waals surface area contributed by atoms with E-state index < -0.39 is 23.6 Å². The molecule has 0 atom stereocenters. The summed E-state index contributed by atoms with van der Waals surface area (Å²) in [4.78, 5) is 38.6. The van der Waals surface area contributed by atoms with Crippen LogP contribution in [-0.2, 0) is 9.59 Å². The topological polar surface area (TPSA) is 84.9 Å². The van der Waals surface area contributed by atoms with Crippen molar-refractivity contribution in [3.8, 4) is 11.5 Å². The third-order valence-corrected chi connectivity index (χ3v) is 5.12. The molecular formula is C24H16ClFN2O5. The molecule has 0 spiro atoms. The van der Waals surface area contributed by atoms with Crippen LogP contribution in [0.1, 0.15) is 10.4 Å². The molecule has 1 N–H and O–H groups in total. The van der Waals surface area contributed by atoms with Gasteiger partial charge in [0.1, 0.15) is 16.5 Å². The second-order valence-corrected chi connectivity index (χ2v) is 7.23. The van der Waals surface area contributed by atoms with Crippen LogP contribution >= 0.6 is 11.6 Å². The Labute approximate surface area is 193 Å². The number of imide groups is 1. The third kappa shape index (κ3) is 4.42. The summed E-state index contributed by atoms with van der Waals surface area (Å²) in [6.07, 6.45) is 0. The highest BCUT2D eigenvalue weighted by Crippen LogP contribution is 2.30. The summed E-state index contributed by atoms with van der Waals surface area (Å²) in [7, 11) is 1.47. The van der Waals surface area contributed by atoms with E-state index in [2.05, 4.69) is 5.32 Å². The van der Waals surface area contributed by atoms with Gasteiger partial charge in [0.05, 0.1) is 18.4 Å². The molecule has 0 radical (unpaired) electrons. The molecule has 0 saturated heterocycles. The van der Waals surface area contributed by atoms with Crippen molar-refractivity contribution >= 4 is 40.8 Å². The number of nitrogens with one attached hydrogen (secondary N) is 1. The number of halogens is 2. The van der Waals surface area contributed by atoms with Crippen molar-refractivity contribution in [2.75, 3.05) is 17.3 Å². The van der Waals surface area contributed by atoms with E-state index in [0.29, 0.717) is 11.4 Å². The number of carbonyl (C=O) groups is 3. The van der Waals surface area contributed by atoms with E-state index in [1.807, 2.05) is 0 Å². The van der Waals surface area contributed by atoms with Gasteiger partial charge in [-0.05, 0) is 60.7 Å². The molecule has 0 unspecified atom stereocenters. The molecule has 1 aliphatic heterocycles. The van der Waals surface area contributed by atoms with E-state index in [1.54, 1.807) is 24.3 Å². The fourth-order valence-corrected chi connectivity index (χ4v) is 3.34. The number of hydrogen-bond acceptors (Lipinski definition) is 6. The summed E-state index contributed by atoms with van der Waals surface area (Å²) in [5.41, 5.74) is 0.735. The van der Waals surface area contributed by atoms with Crippen molar-refractivity contribution < 1.29 is 28.2 Å². The molecule has 0 aromatic heterocycles. The molecule has 33 heavy (non-hydrogen) atoms. The standard InChI is InChI=1S/C24H16ClFN2O5/c1-32-18-4-2-3-5-19(18)33-24(31)14-6-10-16(11-7-14)27-21-20(25)22(29)28(23(21)30)17-12-8-15(26)9-13-17/h2-13,27H,1H3. The van der Waals surface area contributed by atoms with Gasteiger partial charge in [-0.3, -0.25) is 9.59 Å². The van der Waals surface area contributed by atoms with Gasteiger partial charge < -0.3 is 14.8 Å². The maximum absolute atomic E-state index is 13.2. The minimum absolute atomic E-state index is 0.129. The molecule has 0 fully saturated rings. The number of amides is 2. The summed E-state index contributed by atoms with van der Waals surface area (Å²) >= 11 is 6.09. The van der Waals surface area contributed by atoms with Gasteiger partial charge in [-0.1, -0.05) is 23.7 Å². The van der Waals surface area contributed by atoms with Crippen molar-refractivity contribution in [3.63, 3.8) is 0 Å². The van der Waals surface area contributed by atoms with Crippen LogP contribution in [0.2, 0.25) is 0 Å². The van der Waals surface area contributed by atoms with Crippen LogP contribution < -0.4 is 19.7 Å². The molecule has 0 bridgehead atoms. The SMILES string of the molecule is COc1ccccc1OC(=O)c1ccc(NC2=C(Cl)C(=O)N(c3ccc(F)cc3)C2=O)cc1. The summed E-state index contributed by atoms with van der Waals surface area (Å²) in [5, 5.41) is 2.50. The smallest absolute Gasteiger partial charge is 0.343 e. The van der Waals surface area contributed by atoms with Crippen molar-refractivity contribution in [2.45, 2.75) is 0 Å². The largest absolute Gasteiger partial charge is 0.493 e. The van der Waals surface area contributed by atoms with Crippen LogP contribution in [0.15, 0.2) is 83.5 Å². The molecule has 3 aromatic carbocycles. The number of carbonyl (C=O) groups excluding carboxylic acids is 3. The van der Waals surface area contributed by atoms with Crippen molar-refractivity contribution in [3.05, 3.63) is 94.9 Å². The Bertz CT molecular complexity index is 1270. The van der Waals surface area contributed by atoms with E-state index in [-0.39, 0.29) is 27.7 Å². The molecule has 1 aliphatic rings. The Balaban J connectivity index is 1.48. The Kier molecular flexibility index (Phi) is 6.10. The van der Waals surface area contributed by atoms with E-state index >= 15 is 0 Å². The zero-order valence-electron chi connectivity index (χ0n) is 17.2. The number of methoxy groups -OCH3 is 1. The zero-order chi connectivity index (χ0) is 23.5. The number of para-hydroxylation sites is 2. The maximum atomic E-state index is 13.2. The fraction of sp³-hybridized carbons (Fsp3) is 0.0417. The van der Waals surface area contributed by atoms with Crippen molar-refractivity contribution in [1.29, 1.82) is 0 Å². The molecule has 7 nitrogen and oxygen atoms in total. The van der Waals surface area contributed by atoms with Crippen LogP contribution in [0, 0.1) is 5.82 Å². The van der Waals surface area contributed by atoms with Crippen LogP contribution in [0.4, 0.5) is 15.8 Å². The second-order valence-electron chi connectivity index (χ2n) is 6.85. The van der Waals surface area contributed by atoms with Crippen LogP contribution in [0.3, 0.4) is 0 Å². The normalized spacial score (nSPS) is 13.4. The number of esters is 1. The lowest BCUT2D eigenvalue weighted by Crippen LogP contribution is -2.32. The molecule has 3 aromatic rings. The maximum Gasteiger partial charge on any atom is 0.343 e. The monoisotopic (exact) mass is 466 g/mol. The van der Waals surface area contributed by atoms with Gasteiger partial charge in [0.15, 0.2) is 11.5 Å². The van der Waals surface area contributed by atoms with Gasteiger partial charge in [-0.25, -0.2) is 14.1 Å². The van der Waals surface area contributed by atoms with Crippen molar-refractivity contribution in [2.24, 2.45) is 0 Å². The molecule has 1 heterocycles. The number of nitrogens with zero attached hydrogens (tertiary/aromatic N) is 1. The molecule has 0 saturated carbocycles. The third-order valence-electron chi connectivity index (χ3n) is 4.77. The predicted octanol–water partition coefficient (Wildman–Crippen LogP) is 4.49. The Hall–Kier alpha value is -4.17. The first-order chi connectivity index (χ1) is 15.9. The Morgan fingerprint density at radius 3 is 2.18 bits per heavy atom. The highest BCUT2D eigenvalue weighted by molar-refractivity contribution is 6.53. The highest BCUT2D eigenvalue weighted by atomic mass is 35.5. The van der Waals surface area contributed by atoms with Gasteiger partial charge in [0, 0.05) is 5.69 Å². The number of hydrogen-bond donors (Lipinski definition) is 1. The van der Waals surface area contributed by atoms with Crippen LogP contribution in [0.25, 0.3) is 0 Å². The number of benzene rings is 3. The van der Waals surface area contributed by atoms with Gasteiger partial charge >= 0.3 is 5.97 Å². The van der Waals surface area contributed by atoms with Gasteiger partial charge in [-0.2, -0.15) is 0 Å². The van der Waals surface area contributed by atoms with E-state index in [1.165, 1.54) is 43.5 Å². The molecule has 2 amide bonds. The van der Waals surface area contributed by atoms with Gasteiger partial charge in [0.25, 0.3) is 11.8 Å². The van der Waals surface area contributed by atoms with E-state index in [9.17, 15) is 18.8 Å². The quantitative estimate of drug-likeness (QED) is 0.327. The van der Waals surface area contributed by atoms with Crippen LogP contribution in [-0.4, -0.2) is 24.9 Å². The summed E-state index contributed by atoms with van der Waals surface area (Å²) in [5.74, 6) is -1.82. The molecule has 9 heteroatoms. The lowest BCUT2D eigenvalue weighted by molar-refractivity contribution is -0.120. The van der Waals surface area contributed by atoms with E-state index in [4.69, 9.17) is 21.1 Å². The lowest BCUT2D eigenvalue weighted by atomic mass is 10.2. The summed E-state index contributed by atoms with van der Waals surface area (Å²) in [6, 6.07) is 17.7.